The first-order chi connectivity index (χ1) is 8.29. The van der Waals surface area contributed by atoms with Crippen LogP contribution in [0.4, 0.5) is 13.2 Å². The smallest absolute Gasteiger partial charge is 0.349 e. The van der Waals surface area contributed by atoms with Gasteiger partial charge in [0.1, 0.15) is 0 Å². The van der Waals surface area contributed by atoms with Gasteiger partial charge in [-0.2, -0.15) is 13.2 Å². The van der Waals surface area contributed by atoms with Gasteiger partial charge in [-0.05, 0) is 52.3 Å². The molecule has 1 amide bonds. The van der Waals surface area contributed by atoms with E-state index in [4.69, 9.17) is 0 Å². The van der Waals surface area contributed by atoms with Gasteiger partial charge in [-0.3, -0.25) is 4.79 Å². The molecule has 1 aliphatic rings. The van der Waals surface area contributed by atoms with Crippen molar-refractivity contribution in [3.63, 3.8) is 0 Å². The van der Waals surface area contributed by atoms with Crippen LogP contribution in [0.3, 0.4) is 0 Å². The number of alkyl halides is 3. The lowest BCUT2D eigenvalue weighted by Gasteiger charge is -2.19. The van der Waals surface area contributed by atoms with Crippen LogP contribution in [0.5, 0.6) is 0 Å². The van der Waals surface area contributed by atoms with E-state index in [0.29, 0.717) is 12.0 Å². The van der Waals surface area contributed by atoms with Crippen LogP contribution in [0.2, 0.25) is 0 Å². The van der Waals surface area contributed by atoms with E-state index in [2.05, 4.69) is 5.32 Å². The Kier molecular flexibility index (Phi) is 3.57. The molecule has 1 aromatic carbocycles. The van der Waals surface area contributed by atoms with E-state index in [1.807, 2.05) is 29.5 Å². The second kappa shape index (κ2) is 4.71. The predicted molar refractivity (Wildman–Crippen MR) is 68.8 cm³/mol. The van der Waals surface area contributed by atoms with Crippen LogP contribution in [0.1, 0.15) is 30.5 Å². The summed E-state index contributed by atoms with van der Waals surface area (Å²) in [5.74, 6) is -0.102. The SMILES string of the molecule is CC1CC(=O)NC1c1cc(C(F)(F)F)ccc1I. The maximum absolute atomic E-state index is 12.7. The van der Waals surface area contributed by atoms with Crippen molar-refractivity contribution in [3.05, 3.63) is 32.9 Å². The van der Waals surface area contributed by atoms with Crippen LogP contribution in [-0.2, 0) is 11.0 Å². The van der Waals surface area contributed by atoms with E-state index in [1.165, 1.54) is 6.07 Å². The average molecular weight is 369 g/mol. The topological polar surface area (TPSA) is 29.1 Å². The summed E-state index contributed by atoms with van der Waals surface area (Å²) < 4.78 is 38.7. The molecule has 1 N–H and O–H groups in total. The third-order valence-electron chi connectivity index (χ3n) is 3.05. The number of halogens is 4. The van der Waals surface area contributed by atoms with Gasteiger partial charge in [-0.1, -0.05) is 6.92 Å². The Morgan fingerprint density at radius 1 is 1.39 bits per heavy atom. The van der Waals surface area contributed by atoms with Gasteiger partial charge in [0.15, 0.2) is 0 Å². The van der Waals surface area contributed by atoms with Crippen molar-refractivity contribution in [2.24, 2.45) is 5.92 Å². The summed E-state index contributed by atoms with van der Waals surface area (Å²) in [6.07, 6.45) is -4.00. The molecule has 0 radical (unpaired) electrons. The summed E-state index contributed by atoms with van der Waals surface area (Å²) in [5.41, 5.74) is -0.130. The monoisotopic (exact) mass is 369 g/mol. The highest BCUT2D eigenvalue weighted by Crippen LogP contribution is 2.36. The lowest BCUT2D eigenvalue weighted by atomic mass is 9.95. The first-order valence-corrected chi connectivity index (χ1v) is 6.53. The normalized spacial score (nSPS) is 24.2. The molecular formula is C12H11F3INO. The van der Waals surface area contributed by atoms with Crippen molar-refractivity contribution < 1.29 is 18.0 Å². The van der Waals surface area contributed by atoms with Crippen molar-refractivity contribution in [2.75, 3.05) is 0 Å². The van der Waals surface area contributed by atoms with Gasteiger partial charge in [0, 0.05) is 9.99 Å². The number of carbonyl (C=O) groups excluding carboxylic acids is 1. The quantitative estimate of drug-likeness (QED) is 0.755. The number of amides is 1. The first-order valence-electron chi connectivity index (χ1n) is 5.45. The van der Waals surface area contributed by atoms with E-state index < -0.39 is 11.7 Å². The van der Waals surface area contributed by atoms with Crippen molar-refractivity contribution in [1.82, 2.24) is 5.32 Å². The van der Waals surface area contributed by atoms with Crippen molar-refractivity contribution in [1.29, 1.82) is 0 Å². The molecule has 2 nitrogen and oxygen atoms in total. The zero-order valence-corrected chi connectivity index (χ0v) is 11.7. The highest BCUT2D eigenvalue weighted by atomic mass is 127. The van der Waals surface area contributed by atoms with Gasteiger partial charge >= 0.3 is 6.18 Å². The minimum atomic E-state index is -4.36. The zero-order valence-electron chi connectivity index (χ0n) is 9.51. The lowest BCUT2D eigenvalue weighted by molar-refractivity contribution is -0.137. The Morgan fingerprint density at radius 3 is 2.56 bits per heavy atom. The lowest BCUT2D eigenvalue weighted by Crippen LogP contribution is -2.21. The number of rotatable bonds is 1. The average Bonchev–Trinajstić information content (AvgIpc) is 2.56. The molecule has 0 spiro atoms. The van der Waals surface area contributed by atoms with Crippen LogP contribution in [-0.4, -0.2) is 5.91 Å². The minimum absolute atomic E-state index is 0.00880. The number of benzene rings is 1. The van der Waals surface area contributed by atoms with Crippen molar-refractivity contribution >= 4 is 28.5 Å². The molecule has 18 heavy (non-hydrogen) atoms. The second-order valence-electron chi connectivity index (χ2n) is 4.46. The summed E-state index contributed by atoms with van der Waals surface area (Å²) in [4.78, 5) is 11.3. The van der Waals surface area contributed by atoms with Crippen molar-refractivity contribution in [3.8, 4) is 0 Å². The maximum Gasteiger partial charge on any atom is 0.416 e. The number of nitrogens with one attached hydrogen (secondary N) is 1. The van der Waals surface area contributed by atoms with Gasteiger partial charge in [0.05, 0.1) is 11.6 Å². The van der Waals surface area contributed by atoms with Crippen molar-refractivity contribution in [2.45, 2.75) is 25.6 Å². The number of carbonyl (C=O) groups is 1. The Bertz CT molecular complexity index is 487. The third-order valence-corrected chi connectivity index (χ3v) is 4.03. The molecule has 2 atom stereocenters. The van der Waals surface area contributed by atoms with Crippen LogP contribution in [0, 0.1) is 9.49 Å². The Labute approximate surface area is 116 Å². The van der Waals surface area contributed by atoms with Gasteiger partial charge in [0.2, 0.25) is 5.91 Å². The Hall–Kier alpha value is -0.790. The minimum Gasteiger partial charge on any atom is -0.349 e. The van der Waals surface area contributed by atoms with E-state index in [0.717, 1.165) is 15.7 Å². The Morgan fingerprint density at radius 2 is 2.06 bits per heavy atom. The zero-order chi connectivity index (χ0) is 13.5. The molecule has 1 saturated heterocycles. The molecule has 98 valence electrons. The van der Waals surface area contributed by atoms with E-state index >= 15 is 0 Å². The highest BCUT2D eigenvalue weighted by Gasteiger charge is 2.35. The molecule has 0 saturated carbocycles. The molecule has 6 heteroatoms. The summed E-state index contributed by atoms with van der Waals surface area (Å²) >= 11 is 1.99. The highest BCUT2D eigenvalue weighted by molar-refractivity contribution is 14.1. The predicted octanol–water partition coefficient (Wildman–Crippen LogP) is 3.51. The summed E-state index contributed by atoms with van der Waals surface area (Å²) in [5, 5.41) is 2.73. The summed E-state index contributed by atoms with van der Waals surface area (Å²) in [7, 11) is 0. The van der Waals surface area contributed by atoms with Gasteiger partial charge in [-0.25, -0.2) is 0 Å². The molecular weight excluding hydrogens is 358 g/mol. The van der Waals surface area contributed by atoms with E-state index in [1.54, 1.807) is 0 Å². The van der Waals surface area contributed by atoms with Crippen LogP contribution >= 0.6 is 22.6 Å². The van der Waals surface area contributed by atoms with Gasteiger partial charge in [-0.15, -0.1) is 0 Å². The van der Waals surface area contributed by atoms with Crippen LogP contribution in [0.25, 0.3) is 0 Å². The van der Waals surface area contributed by atoms with Crippen LogP contribution < -0.4 is 5.32 Å². The molecule has 2 rings (SSSR count). The first kappa shape index (κ1) is 13.6. The van der Waals surface area contributed by atoms with E-state index in [-0.39, 0.29) is 17.9 Å². The van der Waals surface area contributed by atoms with Gasteiger partial charge in [0.25, 0.3) is 0 Å². The molecule has 1 aliphatic heterocycles. The van der Waals surface area contributed by atoms with E-state index in [9.17, 15) is 18.0 Å². The molecule has 0 bridgehead atoms. The number of hydrogen-bond donors (Lipinski definition) is 1. The second-order valence-corrected chi connectivity index (χ2v) is 5.62. The fourth-order valence-electron chi connectivity index (χ4n) is 2.13. The standard InChI is InChI=1S/C12H11F3INO/c1-6-4-10(18)17-11(6)8-5-7(12(13,14)15)2-3-9(8)16/h2-3,5-6,11H,4H2,1H3,(H,17,18). The molecule has 0 aliphatic carbocycles. The number of hydrogen-bond acceptors (Lipinski definition) is 1. The molecule has 0 aromatic heterocycles. The summed E-state index contributed by atoms with van der Waals surface area (Å²) in [6.45, 7) is 1.86. The molecule has 1 aromatic rings. The largest absolute Gasteiger partial charge is 0.416 e. The maximum atomic E-state index is 12.7. The Balaban J connectivity index is 2.41. The molecule has 1 heterocycles. The molecule has 2 unspecified atom stereocenters. The fourth-order valence-corrected chi connectivity index (χ4v) is 2.80. The van der Waals surface area contributed by atoms with Crippen LogP contribution in [0.15, 0.2) is 18.2 Å². The molecule has 1 fully saturated rings. The third kappa shape index (κ3) is 2.62. The summed E-state index contributed by atoms with van der Waals surface area (Å²) in [6, 6.07) is 3.31. The fraction of sp³-hybridized carbons (Fsp3) is 0.417. The van der Waals surface area contributed by atoms with Gasteiger partial charge < -0.3 is 5.32 Å².